The Balaban J connectivity index is 2.27. The number of carboxylic acids is 1. The molecule has 0 radical (unpaired) electrons. The number of carbonyl (C=O) groups is 3. The predicted octanol–water partition coefficient (Wildman–Crippen LogP) is 1.06. The van der Waals surface area contributed by atoms with Gasteiger partial charge in [-0.15, -0.1) is 0 Å². The summed E-state index contributed by atoms with van der Waals surface area (Å²) in [5.74, 6) is -1.93. The van der Waals surface area contributed by atoms with Crippen LogP contribution in [0.15, 0.2) is 18.2 Å². The van der Waals surface area contributed by atoms with Crippen LogP contribution in [0.25, 0.3) is 0 Å². The molecule has 6 nitrogen and oxygen atoms in total. The summed E-state index contributed by atoms with van der Waals surface area (Å²) < 4.78 is 0. The average molecular weight is 311 g/mol. The minimum Gasteiger partial charge on any atom is -0.481 e. The van der Waals surface area contributed by atoms with Gasteiger partial charge in [0.1, 0.15) is 6.04 Å². The number of carboxylic acid groups (broad SMARTS) is 1. The zero-order chi connectivity index (χ0) is 15.6. The average Bonchev–Trinajstić information content (AvgIpc) is 2.43. The first-order valence-electron chi connectivity index (χ1n) is 6.47. The van der Waals surface area contributed by atoms with Crippen molar-refractivity contribution in [2.24, 2.45) is 0 Å². The van der Waals surface area contributed by atoms with Gasteiger partial charge in [-0.05, 0) is 30.7 Å². The third kappa shape index (κ3) is 3.33. The van der Waals surface area contributed by atoms with Crippen LogP contribution in [-0.2, 0) is 9.59 Å². The van der Waals surface area contributed by atoms with E-state index in [-0.39, 0.29) is 12.5 Å². The molecular weight excluding hydrogens is 296 g/mol. The second-order valence-electron chi connectivity index (χ2n) is 4.87. The Morgan fingerprint density at radius 1 is 1.48 bits per heavy atom. The normalized spacial score (nSPS) is 18.3. The Morgan fingerprint density at radius 2 is 2.19 bits per heavy atom. The number of benzene rings is 1. The summed E-state index contributed by atoms with van der Waals surface area (Å²) in [6, 6.07) is 3.83. The predicted molar refractivity (Wildman–Crippen MR) is 76.3 cm³/mol. The van der Waals surface area contributed by atoms with Crippen LogP contribution in [0.3, 0.4) is 0 Å². The molecule has 2 N–H and O–H groups in total. The minimum atomic E-state index is -1.12. The highest BCUT2D eigenvalue weighted by molar-refractivity contribution is 6.31. The monoisotopic (exact) mass is 310 g/mol. The third-order valence-electron chi connectivity index (χ3n) is 3.36. The van der Waals surface area contributed by atoms with Crippen LogP contribution < -0.4 is 5.32 Å². The number of hydrogen-bond donors (Lipinski definition) is 2. The molecule has 0 spiro atoms. The van der Waals surface area contributed by atoms with Crippen LogP contribution in [-0.4, -0.2) is 46.9 Å². The number of amides is 2. The highest BCUT2D eigenvalue weighted by Gasteiger charge is 2.35. The van der Waals surface area contributed by atoms with E-state index in [0.717, 1.165) is 5.56 Å². The van der Waals surface area contributed by atoms with Crippen LogP contribution in [0.1, 0.15) is 22.3 Å². The maximum absolute atomic E-state index is 12.5. The van der Waals surface area contributed by atoms with Crippen molar-refractivity contribution < 1.29 is 19.5 Å². The lowest BCUT2D eigenvalue weighted by molar-refractivity contribution is -0.142. The molecule has 1 aromatic carbocycles. The van der Waals surface area contributed by atoms with Gasteiger partial charge in [-0.1, -0.05) is 11.6 Å². The quantitative estimate of drug-likeness (QED) is 0.874. The summed E-state index contributed by atoms with van der Waals surface area (Å²) in [6.45, 7) is 2.37. The van der Waals surface area contributed by atoms with E-state index in [0.29, 0.717) is 17.1 Å². The maximum Gasteiger partial charge on any atom is 0.305 e. The smallest absolute Gasteiger partial charge is 0.305 e. The van der Waals surface area contributed by atoms with Crippen molar-refractivity contribution in [1.29, 1.82) is 0 Å². The molecule has 1 aliphatic rings. The van der Waals surface area contributed by atoms with Crippen LogP contribution >= 0.6 is 11.6 Å². The van der Waals surface area contributed by atoms with Crippen LogP contribution in [0.4, 0.5) is 0 Å². The van der Waals surface area contributed by atoms with Crippen molar-refractivity contribution in [2.45, 2.75) is 19.4 Å². The number of carbonyl (C=O) groups excluding carboxylic acids is 2. The fourth-order valence-corrected chi connectivity index (χ4v) is 2.39. The molecule has 1 aromatic rings. The van der Waals surface area contributed by atoms with Crippen molar-refractivity contribution in [3.63, 3.8) is 0 Å². The lowest BCUT2D eigenvalue weighted by atomic mass is 10.1. The summed E-state index contributed by atoms with van der Waals surface area (Å²) in [6.07, 6.45) is -0.413. The molecule has 0 aliphatic carbocycles. The number of piperazine rings is 1. The van der Waals surface area contributed by atoms with Gasteiger partial charge in [0.05, 0.1) is 6.42 Å². The molecular formula is C14H15ClN2O4. The van der Waals surface area contributed by atoms with E-state index in [9.17, 15) is 14.4 Å². The Kier molecular flexibility index (Phi) is 4.47. The molecule has 1 fully saturated rings. The summed E-state index contributed by atoms with van der Waals surface area (Å²) in [4.78, 5) is 36.5. The second kappa shape index (κ2) is 6.13. The van der Waals surface area contributed by atoms with Crippen LogP contribution in [0.2, 0.25) is 5.02 Å². The molecule has 2 rings (SSSR count). The van der Waals surface area contributed by atoms with E-state index in [1.54, 1.807) is 25.1 Å². The highest BCUT2D eigenvalue weighted by Crippen LogP contribution is 2.19. The van der Waals surface area contributed by atoms with Gasteiger partial charge in [-0.25, -0.2) is 0 Å². The lowest BCUT2D eigenvalue weighted by Gasteiger charge is -2.34. The molecule has 1 aliphatic heterocycles. The van der Waals surface area contributed by atoms with E-state index in [1.807, 2.05) is 0 Å². The molecule has 1 unspecified atom stereocenters. The van der Waals surface area contributed by atoms with Crippen molar-refractivity contribution in [3.05, 3.63) is 34.3 Å². The van der Waals surface area contributed by atoms with E-state index in [1.165, 1.54) is 4.90 Å². The van der Waals surface area contributed by atoms with Gasteiger partial charge in [-0.3, -0.25) is 14.4 Å². The molecule has 1 saturated heterocycles. The van der Waals surface area contributed by atoms with Crippen molar-refractivity contribution in [2.75, 3.05) is 13.1 Å². The summed E-state index contributed by atoms with van der Waals surface area (Å²) in [5, 5.41) is 12.0. The van der Waals surface area contributed by atoms with E-state index >= 15 is 0 Å². The fourth-order valence-electron chi connectivity index (χ4n) is 2.27. The van der Waals surface area contributed by atoms with Gasteiger partial charge in [0, 0.05) is 23.7 Å². The molecule has 21 heavy (non-hydrogen) atoms. The molecule has 0 saturated carbocycles. The summed E-state index contributed by atoms with van der Waals surface area (Å²) in [7, 11) is 0. The van der Waals surface area contributed by atoms with Gasteiger partial charge in [0.15, 0.2) is 0 Å². The summed E-state index contributed by atoms with van der Waals surface area (Å²) in [5.41, 5.74) is 1.14. The molecule has 1 heterocycles. The topological polar surface area (TPSA) is 86.7 Å². The SMILES string of the molecule is Cc1cc(C(=O)N2CCNC(=O)C2CC(=O)O)ccc1Cl. The maximum atomic E-state index is 12.5. The third-order valence-corrected chi connectivity index (χ3v) is 3.79. The molecule has 1 atom stereocenters. The number of hydrogen-bond acceptors (Lipinski definition) is 3. The largest absolute Gasteiger partial charge is 0.481 e. The molecule has 112 valence electrons. The first kappa shape index (κ1) is 15.3. The Morgan fingerprint density at radius 3 is 2.81 bits per heavy atom. The van der Waals surface area contributed by atoms with Crippen molar-refractivity contribution in [3.8, 4) is 0 Å². The van der Waals surface area contributed by atoms with Crippen LogP contribution in [0.5, 0.6) is 0 Å². The number of aryl methyl sites for hydroxylation is 1. The van der Waals surface area contributed by atoms with Crippen LogP contribution in [0, 0.1) is 6.92 Å². The Labute approximate surface area is 126 Å². The number of aliphatic carboxylic acids is 1. The molecule has 7 heteroatoms. The van der Waals surface area contributed by atoms with Crippen molar-refractivity contribution in [1.82, 2.24) is 10.2 Å². The molecule has 2 amide bonds. The van der Waals surface area contributed by atoms with Gasteiger partial charge in [0.2, 0.25) is 5.91 Å². The molecule has 0 aromatic heterocycles. The minimum absolute atomic E-state index is 0.282. The first-order chi connectivity index (χ1) is 9.90. The fraction of sp³-hybridized carbons (Fsp3) is 0.357. The number of rotatable bonds is 3. The number of nitrogens with one attached hydrogen (secondary N) is 1. The van der Waals surface area contributed by atoms with E-state index in [2.05, 4.69) is 5.32 Å². The standard InChI is InChI=1S/C14H15ClN2O4/c1-8-6-9(2-3-10(8)15)14(21)17-5-4-16-13(20)11(17)7-12(18)19/h2-3,6,11H,4-5,7H2,1H3,(H,16,20)(H,18,19). The number of halogens is 1. The summed E-state index contributed by atoms with van der Waals surface area (Å²) >= 11 is 5.93. The van der Waals surface area contributed by atoms with E-state index < -0.39 is 24.3 Å². The second-order valence-corrected chi connectivity index (χ2v) is 5.27. The lowest BCUT2D eigenvalue weighted by Crippen LogP contribution is -2.57. The highest BCUT2D eigenvalue weighted by atomic mass is 35.5. The number of nitrogens with zero attached hydrogens (tertiary/aromatic N) is 1. The van der Waals surface area contributed by atoms with Gasteiger partial charge >= 0.3 is 5.97 Å². The zero-order valence-electron chi connectivity index (χ0n) is 11.4. The zero-order valence-corrected chi connectivity index (χ0v) is 12.2. The van der Waals surface area contributed by atoms with Gasteiger partial charge in [0.25, 0.3) is 5.91 Å². The molecule has 0 bridgehead atoms. The van der Waals surface area contributed by atoms with Crippen molar-refractivity contribution >= 4 is 29.4 Å². The Bertz CT molecular complexity index is 603. The van der Waals surface area contributed by atoms with Gasteiger partial charge < -0.3 is 15.3 Å². The first-order valence-corrected chi connectivity index (χ1v) is 6.84. The van der Waals surface area contributed by atoms with E-state index in [4.69, 9.17) is 16.7 Å². The Hall–Kier alpha value is -2.08. The van der Waals surface area contributed by atoms with Gasteiger partial charge in [-0.2, -0.15) is 0 Å².